The van der Waals surface area contributed by atoms with Crippen molar-refractivity contribution in [2.75, 3.05) is 10.6 Å². The van der Waals surface area contributed by atoms with Crippen molar-refractivity contribution in [2.24, 2.45) is 0 Å². The Morgan fingerprint density at radius 2 is 2.08 bits per heavy atom. The third kappa shape index (κ3) is 3.40. The van der Waals surface area contributed by atoms with Crippen LogP contribution in [0.5, 0.6) is 0 Å². The maximum atomic E-state index is 11.4. The minimum absolute atomic E-state index is 0.127. The van der Waals surface area contributed by atoms with Crippen LogP contribution in [0.3, 0.4) is 0 Å². The summed E-state index contributed by atoms with van der Waals surface area (Å²) < 4.78 is 0. The van der Waals surface area contributed by atoms with E-state index in [9.17, 15) is 14.7 Å². The molecule has 0 saturated heterocycles. The van der Waals surface area contributed by atoms with Crippen molar-refractivity contribution in [1.29, 1.82) is 0 Å². The molecule has 0 aromatic heterocycles. The van der Waals surface area contributed by atoms with Crippen molar-refractivity contribution in [3.8, 4) is 0 Å². The Balaban J connectivity index is 1.82. The quantitative estimate of drug-likeness (QED) is 0.723. The second kappa shape index (κ2) is 6.81. The fourth-order valence-electron chi connectivity index (χ4n) is 3.25. The number of carbonyl (C=O) groups excluding carboxylic acids is 1. The highest BCUT2D eigenvalue weighted by atomic mass is 16.4. The average molecular weight is 336 g/mol. The van der Waals surface area contributed by atoms with E-state index in [2.05, 4.69) is 17.2 Å². The molecule has 0 fully saturated rings. The SMILES string of the molecule is C=CC(=O)Nc1ccc2c(c1)CCC2Nc1cccc(C(=O)O)c1C. The standard InChI is InChI=1S/C20H20N2O3/c1-3-19(23)21-14-8-9-16-13(11-14)7-10-18(16)22-17-6-4-5-15(12(17)2)20(24)25/h3-6,8-9,11,18,22H,1,7,10H2,2H3,(H,21,23)(H,24,25). The van der Waals surface area contributed by atoms with E-state index in [0.717, 1.165) is 29.8 Å². The van der Waals surface area contributed by atoms with E-state index in [0.29, 0.717) is 5.56 Å². The molecule has 25 heavy (non-hydrogen) atoms. The molecular formula is C20H20N2O3. The van der Waals surface area contributed by atoms with Gasteiger partial charge in [-0.3, -0.25) is 4.79 Å². The van der Waals surface area contributed by atoms with Crippen molar-refractivity contribution in [2.45, 2.75) is 25.8 Å². The highest BCUT2D eigenvalue weighted by molar-refractivity contribution is 5.99. The molecule has 5 heteroatoms. The van der Waals surface area contributed by atoms with E-state index in [1.807, 2.05) is 31.2 Å². The Morgan fingerprint density at radius 3 is 2.80 bits per heavy atom. The van der Waals surface area contributed by atoms with Gasteiger partial charge in [0, 0.05) is 11.4 Å². The first kappa shape index (κ1) is 16.8. The monoisotopic (exact) mass is 336 g/mol. The van der Waals surface area contributed by atoms with E-state index in [1.165, 1.54) is 17.2 Å². The number of fused-ring (bicyclic) bond motifs is 1. The molecular weight excluding hydrogens is 316 g/mol. The fraction of sp³-hybridized carbons (Fsp3) is 0.200. The van der Waals surface area contributed by atoms with Crippen LogP contribution in [0.4, 0.5) is 11.4 Å². The molecule has 0 radical (unpaired) electrons. The largest absolute Gasteiger partial charge is 0.478 e. The zero-order valence-electron chi connectivity index (χ0n) is 14.0. The lowest BCUT2D eigenvalue weighted by Crippen LogP contribution is -2.11. The van der Waals surface area contributed by atoms with Crippen LogP contribution >= 0.6 is 0 Å². The van der Waals surface area contributed by atoms with Gasteiger partial charge in [0.25, 0.3) is 0 Å². The van der Waals surface area contributed by atoms with Crippen molar-refractivity contribution in [3.05, 3.63) is 71.3 Å². The fourth-order valence-corrected chi connectivity index (χ4v) is 3.25. The predicted octanol–water partition coefficient (Wildman–Crippen LogP) is 3.92. The Bertz CT molecular complexity index is 858. The molecule has 128 valence electrons. The van der Waals surface area contributed by atoms with Gasteiger partial charge in [-0.15, -0.1) is 0 Å². The third-order valence-corrected chi connectivity index (χ3v) is 4.57. The molecule has 1 unspecified atom stereocenters. The van der Waals surface area contributed by atoms with E-state index in [1.54, 1.807) is 12.1 Å². The van der Waals surface area contributed by atoms with Gasteiger partial charge >= 0.3 is 5.97 Å². The molecule has 3 rings (SSSR count). The van der Waals surface area contributed by atoms with Crippen LogP contribution in [-0.4, -0.2) is 17.0 Å². The van der Waals surface area contributed by atoms with Gasteiger partial charge in [0.2, 0.25) is 5.91 Å². The Hall–Kier alpha value is -3.08. The summed E-state index contributed by atoms with van der Waals surface area (Å²) in [6, 6.07) is 11.3. The van der Waals surface area contributed by atoms with Gasteiger partial charge in [-0.25, -0.2) is 4.79 Å². The number of carboxylic acid groups (broad SMARTS) is 1. The number of carboxylic acids is 1. The summed E-state index contributed by atoms with van der Waals surface area (Å²) in [6.45, 7) is 5.27. The maximum Gasteiger partial charge on any atom is 0.336 e. The lowest BCUT2D eigenvalue weighted by Gasteiger charge is -2.18. The first-order valence-electron chi connectivity index (χ1n) is 8.15. The highest BCUT2D eigenvalue weighted by Crippen LogP contribution is 2.36. The minimum atomic E-state index is -0.921. The van der Waals surface area contributed by atoms with Crippen molar-refractivity contribution in [1.82, 2.24) is 0 Å². The molecule has 0 saturated carbocycles. The molecule has 0 bridgehead atoms. The van der Waals surface area contributed by atoms with Gasteiger partial charge in [-0.2, -0.15) is 0 Å². The third-order valence-electron chi connectivity index (χ3n) is 4.57. The molecule has 0 heterocycles. The predicted molar refractivity (Wildman–Crippen MR) is 98.1 cm³/mol. The van der Waals surface area contributed by atoms with Crippen LogP contribution in [0.1, 0.15) is 39.5 Å². The van der Waals surface area contributed by atoms with E-state index < -0.39 is 5.97 Å². The van der Waals surface area contributed by atoms with Gasteiger partial charge < -0.3 is 15.7 Å². The summed E-state index contributed by atoms with van der Waals surface area (Å²) in [7, 11) is 0. The Kier molecular flexibility index (Phi) is 4.57. The van der Waals surface area contributed by atoms with Crippen LogP contribution in [-0.2, 0) is 11.2 Å². The molecule has 1 aliphatic rings. The van der Waals surface area contributed by atoms with Crippen LogP contribution in [0, 0.1) is 6.92 Å². The normalized spacial score (nSPS) is 15.3. The smallest absolute Gasteiger partial charge is 0.336 e. The number of benzene rings is 2. The van der Waals surface area contributed by atoms with Crippen molar-refractivity contribution < 1.29 is 14.7 Å². The number of aryl methyl sites for hydroxylation is 1. The van der Waals surface area contributed by atoms with Gasteiger partial charge in [0.1, 0.15) is 0 Å². The average Bonchev–Trinajstić information content (AvgIpc) is 2.98. The highest BCUT2D eigenvalue weighted by Gasteiger charge is 2.23. The number of amides is 1. The number of anilines is 2. The summed E-state index contributed by atoms with van der Waals surface area (Å²) in [5, 5.41) is 15.5. The van der Waals surface area contributed by atoms with Gasteiger partial charge in [0.05, 0.1) is 11.6 Å². The first-order valence-corrected chi connectivity index (χ1v) is 8.15. The van der Waals surface area contributed by atoms with Gasteiger partial charge in [0.15, 0.2) is 0 Å². The second-order valence-corrected chi connectivity index (χ2v) is 6.13. The molecule has 0 spiro atoms. The van der Waals surface area contributed by atoms with Crippen LogP contribution in [0.25, 0.3) is 0 Å². The molecule has 5 nitrogen and oxygen atoms in total. The van der Waals surface area contributed by atoms with E-state index >= 15 is 0 Å². The van der Waals surface area contributed by atoms with Crippen LogP contribution < -0.4 is 10.6 Å². The number of rotatable bonds is 5. The molecule has 3 N–H and O–H groups in total. The lowest BCUT2D eigenvalue weighted by molar-refractivity contribution is -0.111. The summed E-state index contributed by atoms with van der Waals surface area (Å²) in [4.78, 5) is 22.7. The minimum Gasteiger partial charge on any atom is -0.478 e. The number of aromatic carboxylic acids is 1. The number of nitrogens with one attached hydrogen (secondary N) is 2. The maximum absolute atomic E-state index is 11.4. The summed E-state index contributed by atoms with van der Waals surface area (Å²) in [5.41, 5.74) is 5.00. The number of hydrogen-bond donors (Lipinski definition) is 3. The molecule has 2 aromatic rings. The van der Waals surface area contributed by atoms with E-state index in [-0.39, 0.29) is 11.9 Å². The van der Waals surface area contributed by atoms with Gasteiger partial charge in [-0.1, -0.05) is 18.7 Å². The molecule has 1 aliphatic carbocycles. The molecule has 2 aromatic carbocycles. The molecule has 1 atom stereocenters. The van der Waals surface area contributed by atoms with E-state index in [4.69, 9.17) is 0 Å². The zero-order valence-corrected chi connectivity index (χ0v) is 14.0. The number of carbonyl (C=O) groups is 2. The first-order chi connectivity index (χ1) is 12.0. The van der Waals surface area contributed by atoms with Crippen molar-refractivity contribution in [3.63, 3.8) is 0 Å². The molecule has 0 aliphatic heterocycles. The molecule has 1 amide bonds. The second-order valence-electron chi connectivity index (χ2n) is 6.13. The van der Waals surface area contributed by atoms with Gasteiger partial charge in [-0.05, 0) is 66.8 Å². The summed E-state index contributed by atoms with van der Waals surface area (Å²) in [5.74, 6) is -1.15. The topological polar surface area (TPSA) is 78.4 Å². The summed E-state index contributed by atoms with van der Waals surface area (Å²) >= 11 is 0. The summed E-state index contributed by atoms with van der Waals surface area (Å²) in [6.07, 6.45) is 3.07. The zero-order chi connectivity index (χ0) is 18.0. The lowest BCUT2D eigenvalue weighted by atomic mass is 10.0. The van der Waals surface area contributed by atoms with Crippen LogP contribution in [0.15, 0.2) is 49.1 Å². The van der Waals surface area contributed by atoms with Crippen molar-refractivity contribution >= 4 is 23.3 Å². The Labute approximate surface area is 146 Å². The Morgan fingerprint density at radius 1 is 1.28 bits per heavy atom. The van der Waals surface area contributed by atoms with Crippen LogP contribution in [0.2, 0.25) is 0 Å². The number of hydrogen-bond acceptors (Lipinski definition) is 3.